The van der Waals surface area contributed by atoms with Crippen LogP contribution in [0.5, 0.6) is 0 Å². The average molecular weight is 212 g/mol. The third-order valence-electron chi connectivity index (χ3n) is 2.51. The molecule has 3 heteroatoms. The lowest BCUT2D eigenvalue weighted by Crippen LogP contribution is -1.81. The van der Waals surface area contributed by atoms with Gasteiger partial charge in [0.25, 0.3) is 0 Å². The first-order chi connectivity index (χ1) is 6.63. The van der Waals surface area contributed by atoms with Crippen LogP contribution < -0.4 is 0 Å². The van der Waals surface area contributed by atoms with Crippen molar-refractivity contribution in [3.05, 3.63) is 34.2 Å². The predicted molar refractivity (Wildman–Crippen MR) is 57.4 cm³/mol. The van der Waals surface area contributed by atoms with E-state index in [2.05, 4.69) is 11.9 Å². The summed E-state index contributed by atoms with van der Waals surface area (Å²) in [5.74, 6) is -0.354. The van der Waals surface area contributed by atoms with Crippen LogP contribution in [0.15, 0.2) is 12.1 Å². The fraction of sp³-hybridized carbons (Fsp3) is 0.273. The highest BCUT2D eigenvalue weighted by atomic mass is 35.5. The molecule has 0 saturated carbocycles. The summed E-state index contributed by atoms with van der Waals surface area (Å²) >= 11 is 5.70. The Bertz CT molecular complexity index is 487. The topological polar surface area (TPSA) is 15.8 Å². The minimum atomic E-state index is -0.354. The molecule has 0 aliphatic heterocycles. The highest BCUT2D eigenvalue weighted by Crippen LogP contribution is 2.27. The number of aromatic amines is 1. The minimum Gasteiger partial charge on any atom is -0.358 e. The number of aromatic nitrogens is 1. The van der Waals surface area contributed by atoms with Gasteiger partial charge in [-0.15, -0.1) is 0 Å². The zero-order valence-electron chi connectivity index (χ0n) is 8.12. The second kappa shape index (κ2) is 3.28. The molecule has 1 nitrogen and oxygen atoms in total. The number of nitrogens with one attached hydrogen (secondary N) is 1. The summed E-state index contributed by atoms with van der Waals surface area (Å²) in [5.41, 5.74) is 3.16. The van der Waals surface area contributed by atoms with Crippen LogP contribution in [0.4, 0.5) is 4.39 Å². The van der Waals surface area contributed by atoms with Gasteiger partial charge in [-0.25, -0.2) is 4.39 Å². The van der Waals surface area contributed by atoms with Crippen molar-refractivity contribution >= 4 is 22.5 Å². The second-order valence-electron chi connectivity index (χ2n) is 3.39. The Hall–Kier alpha value is -1.02. The number of hydrogen-bond acceptors (Lipinski definition) is 0. The van der Waals surface area contributed by atoms with Gasteiger partial charge in [0.05, 0.1) is 5.02 Å². The van der Waals surface area contributed by atoms with Crippen molar-refractivity contribution in [1.29, 1.82) is 0 Å². The number of benzene rings is 1. The molecule has 1 aromatic carbocycles. The van der Waals surface area contributed by atoms with E-state index in [1.54, 1.807) is 6.07 Å². The third-order valence-corrected chi connectivity index (χ3v) is 2.80. The molecule has 14 heavy (non-hydrogen) atoms. The predicted octanol–water partition coefficient (Wildman–Crippen LogP) is 3.83. The van der Waals surface area contributed by atoms with E-state index in [0.29, 0.717) is 0 Å². The van der Waals surface area contributed by atoms with Gasteiger partial charge in [0.15, 0.2) is 0 Å². The van der Waals surface area contributed by atoms with Gasteiger partial charge in [-0.3, -0.25) is 0 Å². The Morgan fingerprint density at radius 2 is 2.14 bits per heavy atom. The molecule has 0 radical (unpaired) electrons. The molecule has 2 rings (SSSR count). The fourth-order valence-electron chi connectivity index (χ4n) is 1.83. The third kappa shape index (κ3) is 1.30. The molecule has 0 unspecified atom stereocenters. The molecule has 0 atom stereocenters. The van der Waals surface area contributed by atoms with Crippen LogP contribution in [-0.2, 0) is 6.42 Å². The molecular weight excluding hydrogens is 201 g/mol. The molecule has 1 aromatic heterocycles. The summed E-state index contributed by atoms with van der Waals surface area (Å²) in [5, 5.41) is 1.10. The van der Waals surface area contributed by atoms with E-state index in [0.717, 1.165) is 28.6 Å². The molecule has 0 spiro atoms. The van der Waals surface area contributed by atoms with Crippen molar-refractivity contribution in [3.63, 3.8) is 0 Å². The van der Waals surface area contributed by atoms with Gasteiger partial charge in [0.2, 0.25) is 0 Å². The Morgan fingerprint density at radius 3 is 2.79 bits per heavy atom. The van der Waals surface area contributed by atoms with Crippen molar-refractivity contribution < 1.29 is 4.39 Å². The molecule has 74 valence electrons. The molecule has 1 N–H and O–H groups in total. The summed E-state index contributed by atoms with van der Waals surface area (Å²) in [6.45, 7) is 4.05. The summed E-state index contributed by atoms with van der Waals surface area (Å²) in [6.07, 6.45) is 0.896. The van der Waals surface area contributed by atoms with Gasteiger partial charge in [-0.2, -0.15) is 0 Å². The molecule has 0 aliphatic carbocycles. The van der Waals surface area contributed by atoms with Gasteiger partial charge in [-0.05, 0) is 31.0 Å². The fourth-order valence-corrected chi connectivity index (χ4v) is 2.00. The van der Waals surface area contributed by atoms with Crippen LogP contribution in [0.25, 0.3) is 10.9 Å². The van der Waals surface area contributed by atoms with Crippen LogP contribution >= 0.6 is 11.6 Å². The van der Waals surface area contributed by atoms with Crippen LogP contribution in [0, 0.1) is 12.7 Å². The Labute approximate surface area is 86.9 Å². The zero-order valence-corrected chi connectivity index (χ0v) is 8.87. The van der Waals surface area contributed by atoms with Gasteiger partial charge >= 0.3 is 0 Å². The van der Waals surface area contributed by atoms with Crippen molar-refractivity contribution in [1.82, 2.24) is 4.98 Å². The van der Waals surface area contributed by atoms with E-state index in [1.165, 1.54) is 6.07 Å². The van der Waals surface area contributed by atoms with Crippen LogP contribution in [0.3, 0.4) is 0 Å². The highest BCUT2D eigenvalue weighted by molar-refractivity contribution is 6.31. The normalized spacial score (nSPS) is 11.1. The summed E-state index contributed by atoms with van der Waals surface area (Å²) < 4.78 is 13.2. The first-order valence-electron chi connectivity index (χ1n) is 4.59. The van der Waals surface area contributed by atoms with E-state index in [1.807, 2.05) is 6.92 Å². The molecule has 2 aromatic rings. The standard InChI is InChI=1S/C11H11ClFN/c1-3-7-6(2)14-11-5-9(12)10(13)4-8(7)11/h4-5,14H,3H2,1-2H3. The lowest BCUT2D eigenvalue weighted by molar-refractivity contribution is 0.630. The molecule has 0 saturated heterocycles. The monoisotopic (exact) mass is 211 g/mol. The number of rotatable bonds is 1. The maximum atomic E-state index is 13.2. The first kappa shape index (κ1) is 9.53. The highest BCUT2D eigenvalue weighted by Gasteiger charge is 2.09. The van der Waals surface area contributed by atoms with Crippen molar-refractivity contribution in [3.8, 4) is 0 Å². The molecule has 0 fully saturated rings. The van der Waals surface area contributed by atoms with Gasteiger partial charge in [-0.1, -0.05) is 18.5 Å². The molecular formula is C11H11ClFN. The van der Waals surface area contributed by atoms with Crippen LogP contribution in [0.1, 0.15) is 18.2 Å². The van der Waals surface area contributed by atoms with Crippen molar-refractivity contribution in [2.45, 2.75) is 20.3 Å². The number of H-pyrrole nitrogens is 1. The van der Waals surface area contributed by atoms with Gasteiger partial charge in [0.1, 0.15) is 5.82 Å². The maximum Gasteiger partial charge on any atom is 0.142 e. The number of fused-ring (bicyclic) bond motifs is 1. The summed E-state index contributed by atoms with van der Waals surface area (Å²) in [6, 6.07) is 3.14. The second-order valence-corrected chi connectivity index (χ2v) is 3.80. The lowest BCUT2D eigenvalue weighted by Gasteiger charge is -1.97. The minimum absolute atomic E-state index is 0.168. The van der Waals surface area contributed by atoms with Crippen LogP contribution in [-0.4, -0.2) is 4.98 Å². The van der Waals surface area contributed by atoms with E-state index < -0.39 is 0 Å². The summed E-state index contributed by atoms with van der Waals surface area (Å²) in [4.78, 5) is 3.19. The quantitative estimate of drug-likeness (QED) is 0.738. The van der Waals surface area contributed by atoms with E-state index in [4.69, 9.17) is 11.6 Å². The van der Waals surface area contributed by atoms with E-state index in [-0.39, 0.29) is 10.8 Å². The Morgan fingerprint density at radius 1 is 1.43 bits per heavy atom. The largest absolute Gasteiger partial charge is 0.358 e. The lowest BCUT2D eigenvalue weighted by atomic mass is 10.1. The van der Waals surface area contributed by atoms with Gasteiger partial charge < -0.3 is 4.98 Å². The first-order valence-corrected chi connectivity index (χ1v) is 4.97. The SMILES string of the molecule is CCc1c(C)[nH]c2cc(Cl)c(F)cc12. The molecule has 0 bridgehead atoms. The summed E-state index contributed by atoms with van der Waals surface area (Å²) in [7, 11) is 0. The molecule has 0 aliphatic rings. The zero-order chi connectivity index (χ0) is 10.3. The van der Waals surface area contributed by atoms with Crippen molar-refractivity contribution in [2.24, 2.45) is 0 Å². The van der Waals surface area contributed by atoms with Gasteiger partial charge in [0, 0.05) is 16.6 Å². The van der Waals surface area contributed by atoms with Crippen molar-refractivity contribution in [2.75, 3.05) is 0 Å². The smallest absolute Gasteiger partial charge is 0.142 e. The number of hydrogen-bond donors (Lipinski definition) is 1. The van der Waals surface area contributed by atoms with E-state index >= 15 is 0 Å². The number of halogens is 2. The molecule has 0 amide bonds. The molecule has 1 heterocycles. The van der Waals surface area contributed by atoms with E-state index in [9.17, 15) is 4.39 Å². The average Bonchev–Trinajstić information content (AvgIpc) is 2.42. The van der Waals surface area contributed by atoms with Crippen LogP contribution in [0.2, 0.25) is 5.02 Å². The Kier molecular flexibility index (Phi) is 2.23. The maximum absolute atomic E-state index is 13.2. The number of aryl methyl sites for hydroxylation is 2. The Balaban J connectivity index is 2.82.